The van der Waals surface area contributed by atoms with Crippen molar-refractivity contribution in [3.8, 4) is 0 Å². The summed E-state index contributed by atoms with van der Waals surface area (Å²) in [5.74, 6) is 0. The van der Waals surface area contributed by atoms with Crippen LogP contribution in [0.5, 0.6) is 0 Å². The zero-order valence-electron chi connectivity index (χ0n) is 10.6. The van der Waals surface area contributed by atoms with E-state index < -0.39 is 10.0 Å². The van der Waals surface area contributed by atoms with Crippen molar-refractivity contribution in [1.82, 2.24) is 9.29 Å². The van der Waals surface area contributed by atoms with Crippen LogP contribution in [0, 0.1) is 0 Å². The maximum absolute atomic E-state index is 12.3. The maximum atomic E-state index is 12.3. The van der Waals surface area contributed by atoms with Crippen molar-refractivity contribution in [2.24, 2.45) is 0 Å². The number of nitrogens with zero attached hydrogens (tertiary/aromatic N) is 2. The van der Waals surface area contributed by atoms with Crippen molar-refractivity contribution in [1.29, 1.82) is 0 Å². The van der Waals surface area contributed by atoms with E-state index in [-0.39, 0.29) is 16.6 Å². The van der Waals surface area contributed by atoms with Crippen molar-refractivity contribution >= 4 is 37.6 Å². The van der Waals surface area contributed by atoms with Crippen LogP contribution < -0.4 is 0 Å². The average Bonchev–Trinajstić information content (AvgIpc) is 2.42. The Hall–Kier alpha value is -0.950. The lowest BCUT2D eigenvalue weighted by Gasteiger charge is -2.17. The molecular formula is C13H12BrClN2O2S. The number of rotatable bonds is 4. The third kappa shape index (κ3) is 3.58. The molecule has 0 atom stereocenters. The minimum atomic E-state index is -3.56. The molecule has 0 aliphatic rings. The van der Waals surface area contributed by atoms with Gasteiger partial charge in [-0.25, -0.2) is 13.4 Å². The van der Waals surface area contributed by atoms with Crippen LogP contribution in [0.3, 0.4) is 0 Å². The number of sulfonamides is 1. The van der Waals surface area contributed by atoms with Crippen molar-refractivity contribution < 1.29 is 8.42 Å². The van der Waals surface area contributed by atoms with E-state index in [0.29, 0.717) is 0 Å². The minimum absolute atomic E-state index is 0.126. The summed E-state index contributed by atoms with van der Waals surface area (Å²) in [6.45, 7) is 0.290. The first-order chi connectivity index (χ1) is 9.39. The molecule has 4 nitrogen and oxygen atoms in total. The molecular weight excluding hydrogens is 364 g/mol. The summed E-state index contributed by atoms with van der Waals surface area (Å²) in [6.07, 6.45) is 1.26. The normalized spacial score (nSPS) is 11.8. The lowest BCUT2D eigenvalue weighted by atomic mass is 10.2. The fourth-order valence-corrected chi connectivity index (χ4v) is 3.11. The zero-order chi connectivity index (χ0) is 14.8. The second-order valence-electron chi connectivity index (χ2n) is 4.20. The van der Waals surface area contributed by atoms with E-state index in [1.54, 1.807) is 0 Å². The van der Waals surface area contributed by atoms with Gasteiger partial charge in [0.15, 0.2) is 0 Å². The van der Waals surface area contributed by atoms with E-state index in [0.717, 1.165) is 10.0 Å². The summed E-state index contributed by atoms with van der Waals surface area (Å²) in [5.41, 5.74) is 0.904. The highest BCUT2D eigenvalue weighted by Crippen LogP contribution is 2.18. The Morgan fingerprint density at radius 2 is 1.85 bits per heavy atom. The molecule has 1 aromatic carbocycles. The summed E-state index contributed by atoms with van der Waals surface area (Å²) < 4.78 is 26.9. The topological polar surface area (TPSA) is 50.3 Å². The molecule has 0 fully saturated rings. The van der Waals surface area contributed by atoms with Gasteiger partial charge in [-0.15, -0.1) is 0 Å². The molecule has 1 aromatic heterocycles. The fraction of sp³-hybridized carbons (Fsp3) is 0.154. The Morgan fingerprint density at radius 1 is 1.20 bits per heavy atom. The quantitative estimate of drug-likeness (QED) is 0.770. The largest absolute Gasteiger partial charge is 0.244 e. The first-order valence-corrected chi connectivity index (χ1v) is 8.33. The van der Waals surface area contributed by atoms with Gasteiger partial charge in [0.05, 0.1) is 0 Å². The number of aromatic nitrogens is 1. The van der Waals surface area contributed by atoms with Crippen LogP contribution in [0.15, 0.2) is 52.0 Å². The Bertz CT molecular complexity index is 687. The van der Waals surface area contributed by atoms with Gasteiger partial charge in [-0.3, -0.25) is 0 Å². The highest BCUT2D eigenvalue weighted by Gasteiger charge is 2.21. The van der Waals surface area contributed by atoms with E-state index in [4.69, 9.17) is 11.6 Å². The molecule has 0 aliphatic carbocycles. The van der Waals surface area contributed by atoms with Gasteiger partial charge in [0.25, 0.3) is 0 Å². The molecule has 1 heterocycles. The molecule has 0 amide bonds. The van der Waals surface area contributed by atoms with Crippen LogP contribution >= 0.6 is 27.5 Å². The molecule has 0 spiro atoms. The molecule has 0 saturated heterocycles. The molecule has 2 rings (SSSR count). The Morgan fingerprint density at radius 3 is 2.40 bits per heavy atom. The second-order valence-corrected chi connectivity index (χ2v) is 7.55. The Labute approximate surface area is 131 Å². The van der Waals surface area contributed by atoms with Gasteiger partial charge in [-0.05, 0) is 29.8 Å². The fourth-order valence-electron chi connectivity index (χ4n) is 1.63. The van der Waals surface area contributed by atoms with E-state index >= 15 is 0 Å². The van der Waals surface area contributed by atoms with Crippen LogP contribution in [0.4, 0.5) is 0 Å². The van der Waals surface area contributed by atoms with Crippen molar-refractivity contribution in [2.45, 2.75) is 11.4 Å². The second kappa shape index (κ2) is 6.22. The number of pyridine rings is 1. The van der Waals surface area contributed by atoms with E-state index in [1.165, 1.54) is 29.7 Å². The highest BCUT2D eigenvalue weighted by molar-refractivity contribution is 9.10. The van der Waals surface area contributed by atoms with E-state index in [1.807, 2.05) is 24.3 Å². The molecule has 106 valence electrons. The van der Waals surface area contributed by atoms with Crippen LogP contribution in [0.25, 0.3) is 0 Å². The van der Waals surface area contributed by atoms with Gasteiger partial charge in [0, 0.05) is 24.3 Å². The summed E-state index contributed by atoms with van der Waals surface area (Å²) >= 11 is 9.00. The van der Waals surface area contributed by atoms with E-state index in [2.05, 4.69) is 20.9 Å². The standard InChI is InChI=1S/C13H12BrClN2O2S/c1-17(9-10-2-4-11(14)5-3-10)20(18,19)12-6-7-13(15)16-8-12/h2-8H,9H2,1H3. The van der Waals surface area contributed by atoms with Gasteiger partial charge in [-0.1, -0.05) is 39.7 Å². The predicted molar refractivity (Wildman–Crippen MR) is 82.0 cm³/mol. The van der Waals surface area contributed by atoms with E-state index in [9.17, 15) is 8.42 Å². The molecule has 0 aliphatic heterocycles. The van der Waals surface area contributed by atoms with Crippen LogP contribution in [-0.2, 0) is 16.6 Å². The van der Waals surface area contributed by atoms with Gasteiger partial charge in [-0.2, -0.15) is 4.31 Å². The van der Waals surface area contributed by atoms with Crippen LogP contribution in [0.2, 0.25) is 5.15 Å². The van der Waals surface area contributed by atoms with Gasteiger partial charge < -0.3 is 0 Å². The third-order valence-corrected chi connectivity index (χ3v) is 5.27. The van der Waals surface area contributed by atoms with Gasteiger partial charge in [0.1, 0.15) is 10.0 Å². The molecule has 0 unspecified atom stereocenters. The van der Waals surface area contributed by atoms with Gasteiger partial charge in [0.2, 0.25) is 10.0 Å². The Kier molecular flexibility index (Phi) is 4.80. The summed E-state index contributed by atoms with van der Waals surface area (Å²) in [7, 11) is -2.03. The van der Waals surface area contributed by atoms with Crippen molar-refractivity contribution in [3.63, 3.8) is 0 Å². The van der Waals surface area contributed by atoms with Crippen LogP contribution in [0.1, 0.15) is 5.56 Å². The minimum Gasteiger partial charge on any atom is -0.243 e. The molecule has 0 bridgehead atoms. The average molecular weight is 376 g/mol. The SMILES string of the molecule is CN(Cc1ccc(Br)cc1)S(=O)(=O)c1ccc(Cl)nc1. The lowest BCUT2D eigenvalue weighted by Crippen LogP contribution is -2.26. The Balaban J connectivity index is 2.21. The molecule has 0 radical (unpaired) electrons. The summed E-state index contributed by atoms with van der Waals surface area (Å²) in [4.78, 5) is 3.93. The maximum Gasteiger partial charge on any atom is 0.244 e. The van der Waals surface area contributed by atoms with Crippen LogP contribution in [-0.4, -0.2) is 24.8 Å². The molecule has 7 heteroatoms. The molecule has 0 N–H and O–H groups in total. The number of halogens is 2. The number of hydrogen-bond donors (Lipinski definition) is 0. The predicted octanol–water partition coefficient (Wildman–Crippen LogP) is 3.32. The third-order valence-electron chi connectivity index (χ3n) is 2.73. The first-order valence-electron chi connectivity index (χ1n) is 5.72. The first kappa shape index (κ1) is 15.4. The van der Waals surface area contributed by atoms with Crippen molar-refractivity contribution in [2.75, 3.05) is 7.05 Å². The van der Waals surface area contributed by atoms with Crippen molar-refractivity contribution in [3.05, 3.63) is 57.8 Å². The lowest BCUT2D eigenvalue weighted by molar-refractivity contribution is 0.466. The summed E-state index contributed by atoms with van der Waals surface area (Å²) in [6, 6.07) is 10.4. The van der Waals surface area contributed by atoms with Gasteiger partial charge >= 0.3 is 0 Å². The molecule has 0 saturated carbocycles. The number of benzene rings is 1. The number of hydrogen-bond acceptors (Lipinski definition) is 3. The monoisotopic (exact) mass is 374 g/mol. The smallest absolute Gasteiger partial charge is 0.243 e. The summed E-state index contributed by atoms with van der Waals surface area (Å²) in [5, 5.41) is 0.263. The highest BCUT2D eigenvalue weighted by atomic mass is 79.9. The molecule has 2 aromatic rings. The molecule has 20 heavy (non-hydrogen) atoms. The zero-order valence-corrected chi connectivity index (χ0v) is 13.8.